The van der Waals surface area contributed by atoms with Gasteiger partial charge in [0.25, 0.3) is 0 Å². The number of hydrogen-bond donors (Lipinski definition) is 1. The van der Waals surface area contributed by atoms with Crippen LogP contribution in [-0.2, 0) is 9.59 Å². The number of amides is 2. The third-order valence-corrected chi connectivity index (χ3v) is 5.81. The highest BCUT2D eigenvalue weighted by molar-refractivity contribution is 6.37. The molecule has 2 heterocycles. The van der Waals surface area contributed by atoms with Gasteiger partial charge in [-0.15, -0.1) is 0 Å². The number of likely N-dealkylation sites (tertiary alicyclic amines) is 1. The minimum atomic E-state index is -0.0198. The smallest absolute Gasteiger partial charge is 0.246 e. The molecule has 28 heavy (non-hydrogen) atoms. The monoisotopic (exact) mass is 426 g/mol. The fourth-order valence-electron chi connectivity index (χ4n) is 3.44. The molecule has 0 atom stereocenters. The number of hydrogen-bond acceptors (Lipinski definition) is 5. The molecule has 2 fully saturated rings. The van der Waals surface area contributed by atoms with Crippen molar-refractivity contribution in [3.8, 4) is 5.75 Å². The molecule has 0 aliphatic carbocycles. The van der Waals surface area contributed by atoms with E-state index in [2.05, 4.69) is 16.8 Å². The lowest BCUT2D eigenvalue weighted by atomic mass is 10.1. The van der Waals surface area contributed by atoms with Gasteiger partial charge < -0.3 is 19.9 Å². The molecule has 0 unspecified atom stereocenters. The lowest BCUT2D eigenvalue weighted by molar-refractivity contribution is -0.135. The molecular formula is C19H24Cl2N4O3. The number of halogens is 2. The number of nitrogens with one attached hydrogen (secondary N) is 1. The molecule has 0 spiro atoms. The van der Waals surface area contributed by atoms with E-state index in [-0.39, 0.29) is 18.4 Å². The molecule has 2 amide bonds. The van der Waals surface area contributed by atoms with Crippen LogP contribution >= 0.6 is 23.2 Å². The van der Waals surface area contributed by atoms with Crippen LogP contribution in [0, 0.1) is 0 Å². The van der Waals surface area contributed by atoms with Gasteiger partial charge in [0.1, 0.15) is 5.75 Å². The van der Waals surface area contributed by atoms with Gasteiger partial charge in [-0.25, -0.2) is 0 Å². The van der Waals surface area contributed by atoms with Gasteiger partial charge in [-0.05, 0) is 12.1 Å². The topological polar surface area (TPSA) is 65.1 Å². The van der Waals surface area contributed by atoms with Crippen LogP contribution in [0.2, 0.25) is 10.0 Å². The summed E-state index contributed by atoms with van der Waals surface area (Å²) in [6, 6.07) is 3.65. The van der Waals surface area contributed by atoms with Crippen LogP contribution < -0.4 is 10.1 Å². The van der Waals surface area contributed by atoms with Crippen molar-refractivity contribution >= 4 is 40.7 Å². The third-order valence-electron chi connectivity index (χ3n) is 5.20. The predicted molar refractivity (Wildman–Crippen MR) is 110 cm³/mol. The van der Waals surface area contributed by atoms with Gasteiger partial charge in [-0.3, -0.25) is 14.5 Å². The van der Waals surface area contributed by atoms with Gasteiger partial charge in [-0.2, -0.15) is 0 Å². The average Bonchev–Trinajstić information content (AvgIpc) is 2.66. The Labute approximate surface area is 174 Å². The van der Waals surface area contributed by atoms with Crippen molar-refractivity contribution in [3.63, 3.8) is 0 Å². The zero-order valence-corrected chi connectivity index (χ0v) is 17.3. The standard InChI is InChI=1S/C19H24Cl2N4O3/c1-3-18(26)25-11-13(12-25)23-4-6-24(7-5-23)19(27)10-22-16-9-17(28-2)15(21)8-14(16)20/h3,8-9,13,22H,1,4-7,10-12H2,2H3. The summed E-state index contributed by atoms with van der Waals surface area (Å²) >= 11 is 12.2. The number of anilines is 1. The van der Waals surface area contributed by atoms with Gasteiger partial charge in [0.2, 0.25) is 11.8 Å². The maximum absolute atomic E-state index is 12.5. The number of rotatable bonds is 6. The molecule has 2 aliphatic rings. The van der Waals surface area contributed by atoms with E-state index in [1.165, 1.54) is 13.2 Å². The Balaban J connectivity index is 1.45. The lowest BCUT2D eigenvalue weighted by Crippen LogP contribution is -2.64. The zero-order chi connectivity index (χ0) is 20.3. The van der Waals surface area contributed by atoms with E-state index in [1.807, 2.05) is 4.90 Å². The second-order valence-corrected chi connectivity index (χ2v) is 7.65. The van der Waals surface area contributed by atoms with Crippen LogP contribution in [0.25, 0.3) is 0 Å². The van der Waals surface area contributed by atoms with E-state index in [0.29, 0.717) is 40.6 Å². The zero-order valence-electron chi connectivity index (χ0n) is 15.8. The first-order chi connectivity index (χ1) is 13.4. The lowest BCUT2D eigenvalue weighted by Gasteiger charge is -2.47. The van der Waals surface area contributed by atoms with Gasteiger partial charge in [0.05, 0.1) is 29.4 Å². The molecular weight excluding hydrogens is 403 g/mol. The number of methoxy groups -OCH3 is 1. The van der Waals surface area contributed by atoms with Gasteiger partial charge in [0, 0.05) is 51.4 Å². The van der Waals surface area contributed by atoms with Crippen molar-refractivity contribution in [2.45, 2.75) is 6.04 Å². The molecule has 152 valence electrons. The number of benzene rings is 1. The first-order valence-corrected chi connectivity index (χ1v) is 9.88. The summed E-state index contributed by atoms with van der Waals surface area (Å²) in [6.07, 6.45) is 1.35. The highest BCUT2D eigenvalue weighted by Gasteiger charge is 2.35. The predicted octanol–water partition coefficient (Wildman–Crippen LogP) is 1.95. The van der Waals surface area contributed by atoms with E-state index < -0.39 is 0 Å². The van der Waals surface area contributed by atoms with E-state index in [1.54, 1.807) is 17.0 Å². The fourth-order valence-corrected chi connectivity index (χ4v) is 3.96. The summed E-state index contributed by atoms with van der Waals surface area (Å²) in [7, 11) is 1.53. The largest absolute Gasteiger partial charge is 0.495 e. The van der Waals surface area contributed by atoms with Crippen LogP contribution in [0.1, 0.15) is 0 Å². The quantitative estimate of drug-likeness (QED) is 0.704. The highest BCUT2D eigenvalue weighted by atomic mass is 35.5. The molecule has 0 radical (unpaired) electrons. The number of nitrogens with zero attached hydrogens (tertiary/aromatic N) is 3. The molecule has 1 aromatic rings. The molecule has 3 rings (SSSR count). The Kier molecular flexibility index (Phi) is 6.69. The number of carbonyl (C=O) groups excluding carboxylic acids is 2. The van der Waals surface area contributed by atoms with Gasteiger partial charge >= 0.3 is 0 Å². The van der Waals surface area contributed by atoms with Crippen molar-refractivity contribution in [2.24, 2.45) is 0 Å². The molecule has 7 nitrogen and oxygen atoms in total. The van der Waals surface area contributed by atoms with Crippen molar-refractivity contribution < 1.29 is 14.3 Å². The van der Waals surface area contributed by atoms with E-state index >= 15 is 0 Å². The Morgan fingerprint density at radius 2 is 1.86 bits per heavy atom. The summed E-state index contributed by atoms with van der Waals surface area (Å²) in [5.74, 6) is 0.495. The molecule has 2 aliphatic heterocycles. The maximum atomic E-state index is 12.5. The molecule has 9 heteroatoms. The van der Waals surface area contributed by atoms with E-state index in [0.717, 1.165) is 26.2 Å². The van der Waals surface area contributed by atoms with Crippen LogP contribution in [0.4, 0.5) is 5.69 Å². The first-order valence-electron chi connectivity index (χ1n) is 9.13. The van der Waals surface area contributed by atoms with Crippen molar-refractivity contribution in [1.82, 2.24) is 14.7 Å². The second kappa shape index (κ2) is 9.03. The number of ether oxygens (including phenoxy) is 1. The van der Waals surface area contributed by atoms with Gasteiger partial charge in [-0.1, -0.05) is 29.8 Å². The summed E-state index contributed by atoms with van der Waals surface area (Å²) in [5, 5.41) is 3.92. The van der Waals surface area contributed by atoms with Crippen LogP contribution in [0.15, 0.2) is 24.8 Å². The Hall–Kier alpha value is -1.96. The summed E-state index contributed by atoms with van der Waals surface area (Å²) < 4.78 is 5.18. The number of carbonyl (C=O) groups is 2. The van der Waals surface area contributed by atoms with E-state index in [9.17, 15) is 9.59 Å². The number of piperazine rings is 1. The average molecular weight is 427 g/mol. The molecule has 0 saturated carbocycles. The Bertz CT molecular complexity index is 760. The molecule has 0 aromatic heterocycles. The molecule has 2 saturated heterocycles. The highest BCUT2D eigenvalue weighted by Crippen LogP contribution is 2.33. The SMILES string of the molecule is C=CC(=O)N1CC(N2CCN(C(=O)CNc3cc(OC)c(Cl)cc3Cl)CC2)C1. The van der Waals surface area contributed by atoms with Crippen LogP contribution in [0.5, 0.6) is 5.75 Å². The molecule has 1 N–H and O–H groups in total. The fraction of sp³-hybridized carbons (Fsp3) is 0.474. The normalized spacial score (nSPS) is 17.8. The van der Waals surface area contributed by atoms with Crippen molar-refractivity contribution in [3.05, 3.63) is 34.8 Å². The minimum Gasteiger partial charge on any atom is -0.495 e. The summed E-state index contributed by atoms with van der Waals surface area (Å²) in [4.78, 5) is 30.0. The minimum absolute atomic E-state index is 0.0155. The second-order valence-electron chi connectivity index (χ2n) is 6.84. The summed E-state index contributed by atoms with van der Waals surface area (Å²) in [6.45, 7) is 8.08. The van der Waals surface area contributed by atoms with E-state index in [4.69, 9.17) is 27.9 Å². The summed E-state index contributed by atoms with van der Waals surface area (Å²) in [5.41, 5.74) is 0.608. The molecule has 1 aromatic carbocycles. The Morgan fingerprint density at radius 1 is 1.18 bits per heavy atom. The van der Waals surface area contributed by atoms with Crippen molar-refractivity contribution in [1.29, 1.82) is 0 Å². The first kappa shape index (κ1) is 20.8. The third kappa shape index (κ3) is 4.54. The van der Waals surface area contributed by atoms with Crippen LogP contribution in [0.3, 0.4) is 0 Å². The van der Waals surface area contributed by atoms with Crippen LogP contribution in [-0.4, -0.2) is 85.5 Å². The van der Waals surface area contributed by atoms with Crippen molar-refractivity contribution in [2.75, 3.05) is 58.2 Å². The van der Waals surface area contributed by atoms with Gasteiger partial charge in [0.15, 0.2) is 0 Å². The molecule has 0 bridgehead atoms. The Morgan fingerprint density at radius 3 is 2.46 bits per heavy atom. The maximum Gasteiger partial charge on any atom is 0.246 e.